The quantitative estimate of drug-likeness (QED) is 0.817. The van der Waals surface area contributed by atoms with Crippen molar-refractivity contribution in [1.29, 1.82) is 0 Å². The second kappa shape index (κ2) is 7.56. The number of nitrogens with zero attached hydrogens (tertiary/aromatic N) is 1. The van der Waals surface area contributed by atoms with Crippen LogP contribution in [0.3, 0.4) is 0 Å². The van der Waals surface area contributed by atoms with Gasteiger partial charge in [-0.05, 0) is 45.5 Å². The molecule has 0 bridgehead atoms. The van der Waals surface area contributed by atoms with Gasteiger partial charge in [0.15, 0.2) is 0 Å². The van der Waals surface area contributed by atoms with E-state index in [4.69, 9.17) is 0 Å². The van der Waals surface area contributed by atoms with E-state index in [2.05, 4.69) is 31.1 Å². The van der Waals surface area contributed by atoms with E-state index in [1.54, 1.807) is 0 Å². The van der Waals surface area contributed by atoms with Crippen molar-refractivity contribution in [2.24, 2.45) is 0 Å². The first-order valence-corrected chi connectivity index (χ1v) is 6.84. The number of benzene rings is 1. The third kappa shape index (κ3) is 4.88. The lowest BCUT2D eigenvalue weighted by molar-refractivity contribution is 0.249. The Bertz CT molecular complexity index is 396. The SMILES string of the molecule is CCC(C)N(C)CCNC(C)c1cc(F)ccc1F. The van der Waals surface area contributed by atoms with Gasteiger partial charge in [0, 0.05) is 30.7 Å². The minimum atomic E-state index is -0.401. The first-order valence-electron chi connectivity index (χ1n) is 6.84. The molecule has 0 aliphatic carbocycles. The number of halogens is 2. The molecule has 2 unspecified atom stereocenters. The van der Waals surface area contributed by atoms with Crippen LogP contribution in [0.15, 0.2) is 18.2 Å². The molecule has 0 radical (unpaired) electrons. The Hall–Kier alpha value is -1.00. The Balaban J connectivity index is 2.47. The maximum atomic E-state index is 13.6. The highest BCUT2D eigenvalue weighted by molar-refractivity contribution is 5.21. The second-order valence-corrected chi connectivity index (χ2v) is 5.08. The maximum absolute atomic E-state index is 13.6. The highest BCUT2D eigenvalue weighted by Crippen LogP contribution is 2.17. The molecule has 0 saturated carbocycles. The van der Waals surface area contributed by atoms with E-state index in [0.717, 1.165) is 25.6 Å². The summed E-state index contributed by atoms with van der Waals surface area (Å²) in [5, 5.41) is 3.23. The number of hydrogen-bond acceptors (Lipinski definition) is 2. The van der Waals surface area contributed by atoms with Crippen molar-refractivity contribution in [3.8, 4) is 0 Å². The van der Waals surface area contributed by atoms with Gasteiger partial charge in [0.25, 0.3) is 0 Å². The zero-order valence-electron chi connectivity index (χ0n) is 12.2. The van der Waals surface area contributed by atoms with Gasteiger partial charge in [0.2, 0.25) is 0 Å². The molecule has 1 rings (SSSR count). The van der Waals surface area contributed by atoms with Crippen molar-refractivity contribution in [1.82, 2.24) is 10.2 Å². The predicted octanol–water partition coefficient (Wildman–Crippen LogP) is 3.35. The molecule has 0 fully saturated rings. The molecule has 0 aliphatic heterocycles. The van der Waals surface area contributed by atoms with E-state index >= 15 is 0 Å². The van der Waals surface area contributed by atoms with Crippen molar-refractivity contribution in [2.45, 2.75) is 39.3 Å². The highest BCUT2D eigenvalue weighted by Gasteiger charge is 2.12. The molecule has 1 aromatic carbocycles. The van der Waals surface area contributed by atoms with Crippen LogP contribution in [-0.2, 0) is 0 Å². The molecule has 0 spiro atoms. The lowest BCUT2D eigenvalue weighted by Crippen LogP contribution is -2.35. The summed E-state index contributed by atoms with van der Waals surface area (Å²) >= 11 is 0. The van der Waals surface area contributed by atoms with Crippen LogP contribution < -0.4 is 5.32 Å². The fraction of sp³-hybridized carbons (Fsp3) is 0.600. The van der Waals surface area contributed by atoms with Gasteiger partial charge in [0.1, 0.15) is 11.6 Å². The van der Waals surface area contributed by atoms with E-state index in [1.807, 2.05) is 6.92 Å². The molecule has 0 amide bonds. The number of likely N-dealkylation sites (N-methyl/N-ethyl adjacent to an activating group) is 1. The van der Waals surface area contributed by atoms with Crippen LogP contribution in [0.25, 0.3) is 0 Å². The Morgan fingerprint density at radius 3 is 2.58 bits per heavy atom. The smallest absolute Gasteiger partial charge is 0.128 e. The fourth-order valence-corrected chi connectivity index (χ4v) is 1.95. The van der Waals surface area contributed by atoms with Gasteiger partial charge in [-0.1, -0.05) is 6.92 Å². The summed E-state index contributed by atoms with van der Waals surface area (Å²) < 4.78 is 26.7. The van der Waals surface area contributed by atoms with Gasteiger partial charge in [-0.3, -0.25) is 0 Å². The van der Waals surface area contributed by atoms with Crippen LogP contribution in [0.5, 0.6) is 0 Å². The monoisotopic (exact) mass is 270 g/mol. The molecular weight excluding hydrogens is 246 g/mol. The molecule has 1 aromatic rings. The van der Waals surface area contributed by atoms with Gasteiger partial charge < -0.3 is 10.2 Å². The number of hydrogen-bond donors (Lipinski definition) is 1. The van der Waals surface area contributed by atoms with E-state index in [1.165, 1.54) is 12.1 Å². The summed E-state index contributed by atoms with van der Waals surface area (Å²) in [5.41, 5.74) is 0.381. The minimum absolute atomic E-state index is 0.193. The normalized spacial score (nSPS) is 14.7. The molecule has 1 N–H and O–H groups in total. The summed E-state index contributed by atoms with van der Waals surface area (Å²) in [4.78, 5) is 2.25. The van der Waals surface area contributed by atoms with Crippen molar-refractivity contribution >= 4 is 0 Å². The summed E-state index contributed by atoms with van der Waals surface area (Å²) in [7, 11) is 2.07. The summed E-state index contributed by atoms with van der Waals surface area (Å²) in [6.45, 7) is 7.81. The minimum Gasteiger partial charge on any atom is -0.309 e. The van der Waals surface area contributed by atoms with Crippen molar-refractivity contribution in [2.75, 3.05) is 20.1 Å². The molecule has 108 valence electrons. The first-order chi connectivity index (χ1) is 8.95. The van der Waals surface area contributed by atoms with Crippen molar-refractivity contribution < 1.29 is 8.78 Å². The highest BCUT2D eigenvalue weighted by atomic mass is 19.1. The topological polar surface area (TPSA) is 15.3 Å². The summed E-state index contributed by atoms with van der Waals surface area (Å²) in [6, 6.07) is 3.91. The van der Waals surface area contributed by atoms with Gasteiger partial charge in [0.05, 0.1) is 0 Å². The lowest BCUT2D eigenvalue weighted by atomic mass is 10.1. The summed E-state index contributed by atoms with van der Waals surface area (Å²) in [5.74, 6) is -0.765. The average Bonchev–Trinajstić information content (AvgIpc) is 2.40. The molecule has 2 nitrogen and oxygen atoms in total. The molecule has 4 heteroatoms. The molecular formula is C15H24F2N2. The largest absolute Gasteiger partial charge is 0.309 e. The Labute approximate surface area is 114 Å². The lowest BCUT2D eigenvalue weighted by Gasteiger charge is -2.24. The van der Waals surface area contributed by atoms with Crippen LogP contribution in [-0.4, -0.2) is 31.1 Å². The van der Waals surface area contributed by atoms with Crippen LogP contribution >= 0.6 is 0 Å². The van der Waals surface area contributed by atoms with E-state index in [0.29, 0.717) is 11.6 Å². The van der Waals surface area contributed by atoms with Crippen LogP contribution in [0, 0.1) is 11.6 Å². The third-order valence-corrected chi connectivity index (χ3v) is 3.68. The Morgan fingerprint density at radius 2 is 1.95 bits per heavy atom. The van der Waals surface area contributed by atoms with Crippen LogP contribution in [0.1, 0.15) is 38.8 Å². The predicted molar refractivity (Wildman–Crippen MR) is 75.2 cm³/mol. The van der Waals surface area contributed by atoms with Crippen molar-refractivity contribution in [3.63, 3.8) is 0 Å². The number of nitrogens with one attached hydrogen (secondary N) is 1. The average molecular weight is 270 g/mol. The van der Waals surface area contributed by atoms with Gasteiger partial charge in [-0.15, -0.1) is 0 Å². The molecule has 0 saturated heterocycles. The van der Waals surface area contributed by atoms with E-state index in [-0.39, 0.29) is 11.9 Å². The van der Waals surface area contributed by atoms with Gasteiger partial charge in [-0.25, -0.2) is 8.78 Å². The molecule has 0 aliphatic rings. The fourth-order valence-electron chi connectivity index (χ4n) is 1.95. The summed E-state index contributed by atoms with van der Waals surface area (Å²) in [6.07, 6.45) is 1.10. The zero-order chi connectivity index (χ0) is 14.4. The zero-order valence-corrected chi connectivity index (χ0v) is 12.2. The Morgan fingerprint density at radius 1 is 1.26 bits per heavy atom. The van der Waals surface area contributed by atoms with Crippen molar-refractivity contribution in [3.05, 3.63) is 35.4 Å². The standard InChI is InChI=1S/C15H24F2N2/c1-5-11(2)19(4)9-8-18-12(3)14-10-13(16)6-7-15(14)17/h6-7,10-12,18H,5,8-9H2,1-4H3. The van der Waals surface area contributed by atoms with Crippen LogP contribution in [0.4, 0.5) is 8.78 Å². The van der Waals surface area contributed by atoms with E-state index in [9.17, 15) is 8.78 Å². The number of rotatable bonds is 7. The van der Waals surface area contributed by atoms with Gasteiger partial charge in [-0.2, -0.15) is 0 Å². The van der Waals surface area contributed by atoms with Crippen LogP contribution in [0.2, 0.25) is 0 Å². The third-order valence-electron chi connectivity index (χ3n) is 3.68. The second-order valence-electron chi connectivity index (χ2n) is 5.08. The van der Waals surface area contributed by atoms with Gasteiger partial charge >= 0.3 is 0 Å². The molecule has 2 atom stereocenters. The first kappa shape index (κ1) is 16.1. The molecule has 0 aromatic heterocycles. The van der Waals surface area contributed by atoms with E-state index < -0.39 is 5.82 Å². The molecule has 0 heterocycles. The Kier molecular flexibility index (Phi) is 6.38. The molecule has 19 heavy (non-hydrogen) atoms. The maximum Gasteiger partial charge on any atom is 0.128 e.